The lowest BCUT2D eigenvalue weighted by molar-refractivity contribution is -0.916. The van der Waals surface area contributed by atoms with Gasteiger partial charge < -0.3 is 14.0 Å². The van der Waals surface area contributed by atoms with Crippen LogP contribution in [0.25, 0.3) is 0 Å². The monoisotopic (exact) mass is 362 g/mol. The van der Waals surface area contributed by atoms with Gasteiger partial charge in [-0.15, -0.1) is 0 Å². The van der Waals surface area contributed by atoms with Gasteiger partial charge >= 0.3 is 0 Å². The highest BCUT2D eigenvalue weighted by atomic mass is 16.7. The van der Waals surface area contributed by atoms with Gasteiger partial charge in [0, 0.05) is 5.92 Å². The van der Waals surface area contributed by atoms with Gasteiger partial charge in [-0.05, 0) is 64.7 Å². The molecule has 3 heteroatoms. The van der Waals surface area contributed by atoms with Crippen LogP contribution in [0.3, 0.4) is 0 Å². The molecule has 0 radical (unpaired) electrons. The highest BCUT2D eigenvalue weighted by Crippen LogP contribution is 2.37. The van der Waals surface area contributed by atoms with Crippen LogP contribution in [0.15, 0.2) is 23.3 Å². The maximum atomic E-state index is 6.41. The van der Waals surface area contributed by atoms with E-state index in [1.807, 2.05) is 0 Å². The van der Waals surface area contributed by atoms with Crippen LogP contribution in [0, 0.1) is 11.8 Å². The van der Waals surface area contributed by atoms with Crippen molar-refractivity contribution in [3.63, 3.8) is 0 Å². The van der Waals surface area contributed by atoms with Crippen LogP contribution < -0.4 is 0 Å². The van der Waals surface area contributed by atoms with Crippen LogP contribution in [-0.4, -0.2) is 50.2 Å². The minimum atomic E-state index is 0.0157. The molecule has 0 N–H and O–H groups in total. The zero-order valence-corrected chi connectivity index (χ0v) is 17.5. The molecule has 3 nitrogen and oxygen atoms in total. The van der Waals surface area contributed by atoms with Gasteiger partial charge in [-0.1, -0.05) is 30.2 Å². The molecule has 0 spiro atoms. The predicted molar refractivity (Wildman–Crippen MR) is 108 cm³/mol. The standard InChI is InChI=1S/C23H40NO2/c1-18(2)9-8-10-20-11-12-22(19(3)15-20)23-25-17-21(26-23)16-24(4)13-6-5-7-14-24/h9,11,19,21-23H,5-8,10,12-17H2,1-4H3/q+1/t19-,21-,22-,23+/m0/s1. The molecule has 2 fully saturated rings. The van der Waals surface area contributed by atoms with Crippen LogP contribution in [-0.2, 0) is 9.47 Å². The average Bonchev–Trinajstić information content (AvgIpc) is 3.02. The SMILES string of the molecule is CC(C)=CCCC1=CC[C@H]([C@@H]2OC[C@H](C[N+]3(C)CCCCC3)O2)[C@@H](C)C1. The number of piperidine rings is 1. The number of hydrogen-bond acceptors (Lipinski definition) is 2. The normalized spacial score (nSPS) is 34.4. The number of hydrogen-bond donors (Lipinski definition) is 0. The van der Waals surface area contributed by atoms with Crippen molar-refractivity contribution in [2.24, 2.45) is 11.8 Å². The average molecular weight is 363 g/mol. The Labute approximate surface area is 161 Å². The fourth-order valence-corrected chi connectivity index (χ4v) is 5.05. The molecule has 0 aromatic rings. The molecule has 0 unspecified atom stereocenters. The molecule has 2 saturated heterocycles. The van der Waals surface area contributed by atoms with Gasteiger partial charge in [0.25, 0.3) is 0 Å². The minimum Gasteiger partial charge on any atom is -0.349 e. The van der Waals surface area contributed by atoms with Gasteiger partial charge in [0.1, 0.15) is 12.6 Å². The van der Waals surface area contributed by atoms with Gasteiger partial charge in [0.2, 0.25) is 0 Å². The molecule has 0 bridgehead atoms. The van der Waals surface area contributed by atoms with E-state index in [1.165, 1.54) is 61.7 Å². The Kier molecular flexibility index (Phi) is 6.98. The molecule has 0 saturated carbocycles. The van der Waals surface area contributed by atoms with Crippen LogP contribution in [0.5, 0.6) is 0 Å². The summed E-state index contributed by atoms with van der Waals surface area (Å²) in [5, 5.41) is 0. The van der Waals surface area contributed by atoms with Crippen LogP contribution >= 0.6 is 0 Å². The van der Waals surface area contributed by atoms with E-state index < -0.39 is 0 Å². The largest absolute Gasteiger partial charge is 0.349 e. The van der Waals surface area contributed by atoms with E-state index in [0.717, 1.165) is 19.6 Å². The molecule has 0 aromatic carbocycles. The lowest BCUT2D eigenvalue weighted by Crippen LogP contribution is -2.52. The van der Waals surface area contributed by atoms with Crippen molar-refractivity contribution in [1.29, 1.82) is 0 Å². The summed E-state index contributed by atoms with van der Waals surface area (Å²) in [6, 6.07) is 0. The van der Waals surface area contributed by atoms with Crippen molar-refractivity contribution < 1.29 is 14.0 Å². The quantitative estimate of drug-likeness (QED) is 0.485. The van der Waals surface area contributed by atoms with Crippen molar-refractivity contribution in [3.05, 3.63) is 23.3 Å². The first-order valence-corrected chi connectivity index (χ1v) is 10.9. The molecule has 3 aliphatic rings. The van der Waals surface area contributed by atoms with E-state index in [1.54, 1.807) is 5.57 Å². The fraction of sp³-hybridized carbons (Fsp3) is 0.826. The third kappa shape index (κ3) is 5.43. The lowest BCUT2D eigenvalue weighted by atomic mass is 9.79. The third-order valence-corrected chi connectivity index (χ3v) is 6.67. The van der Waals surface area contributed by atoms with E-state index in [9.17, 15) is 0 Å². The first kappa shape index (κ1) is 20.1. The molecular weight excluding hydrogens is 322 g/mol. The van der Waals surface area contributed by atoms with Crippen molar-refractivity contribution in [2.45, 2.75) is 78.1 Å². The molecule has 4 atom stereocenters. The van der Waals surface area contributed by atoms with Crippen LogP contribution in [0.1, 0.15) is 65.7 Å². The van der Waals surface area contributed by atoms with Crippen molar-refractivity contribution in [2.75, 3.05) is 33.3 Å². The Balaban J connectivity index is 1.48. The highest BCUT2D eigenvalue weighted by Gasteiger charge is 2.40. The second kappa shape index (κ2) is 9.03. The zero-order valence-electron chi connectivity index (χ0n) is 17.5. The van der Waals surface area contributed by atoms with Gasteiger partial charge in [-0.25, -0.2) is 0 Å². The van der Waals surface area contributed by atoms with E-state index in [2.05, 4.69) is 40.0 Å². The molecule has 2 aliphatic heterocycles. The second-order valence-corrected chi connectivity index (χ2v) is 9.53. The fourth-order valence-electron chi connectivity index (χ4n) is 5.05. The number of ether oxygens (including phenoxy) is 2. The summed E-state index contributed by atoms with van der Waals surface area (Å²) in [5.41, 5.74) is 3.06. The van der Waals surface area contributed by atoms with Crippen molar-refractivity contribution >= 4 is 0 Å². The maximum absolute atomic E-state index is 6.41. The maximum Gasteiger partial charge on any atom is 0.161 e. The van der Waals surface area contributed by atoms with Gasteiger partial charge in [-0.2, -0.15) is 0 Å². The molecule has 2 heterocycles. The topological polar surface area (TPSA) is 18.5 Å². The summed E-state index contributed by atoms with van der Waals surface area (Å²) in [6.45, 7) is 11.3. The van der Waals surface area contributed by atoms with Gasteiger partial charge in [-0.3, -0.25) is 0 Å². The number of rotatable bonds is 6. The molecule has 148 valence electrons. The third-order valence-electron chi connectivity index (χ3n) is 6.67. The number of nitrogens with zero attached hydrogens (tertiary/aromatic N) is 1. The molecule has 26 heavy (non-hydrogen) atoms. The Bertz CT molecular complexity index is 514. The highest BCUT2D eigenvalue weighted by molar-refractivity contribution is 5.10. The van der Waals surface area contributed by atoms with Gasteiger partial charge in [0.15, 0.2) is 6.29 Å². The van der Waals surface area contributed by atoms with E-state index >= 15 is 0 Å². The van der Waals surface area contributed by atoms with Crippen LogP contribution in [0.2, 0.25) is 0 Å². The number of likely N-dealkylation sites (tertiary alicyclic amines) is 1. The summed E-state index contributed by atoms with van der Waals surface area (Å²) < 4.78 is 13.7. The summed E-state index contributed by atoms with van der Waals surface area (Å²) >= 11 is 0. The summed E-state index contributed by atoms with van der Waals surface area (Å²) in [5.74, 6) is 1.18. The molecule has 3 rings (SSSR count). The zero-order chi connectivity index (χ0) is 18.6. The number of likely N-dealkylation sites (N-methyl/N-ethyl adjacent to an activating group) is 1. The van der Waals surface area contributed by atoms with E-state index in [-0.39, 0.29) is 6.29 Å². The van der Waals surface area contributed by atoms with E-state index in [0.29, 0.717) is 17.9 Å². The summed E-state index contributed by atoms with van der Waals surface area (Å²) in [6.07, 6.45) is 14.0. The number of allylic oxidation sites excluding steroid dienone is 4. The Hall–Kier alpha value is -0.640. The molecule has 0 amide bonds. The Morgan fingerprint density at radius 2 is 2.00 bits per heavy atom. The predicted octanol–water partition coefficient (Wildman–Crippen LogP) is 5.08. The lowest BCUT2D eigenvalue weighted by Gasteiger charge is -2.39. The Morgan fingerprint density at radius 3 is 2.69 bits per heavy atom. The Morgan fingerprint density at radius 1 is 1.23 bits per heavy atom. The molecular formula is C23H40NO2+. The van der Waals surface area contributed by atoms with Gasteiger partial charge in [0.05, 0.1) is 26.7 Å². The van der Waals surface area contributed by atoms with Crippen LogP contribution in [0.4, 0.5) is 0 Å². The first-order chi connectivity index (χ1) is 12.5. The van der Waals surface area contributed by atoms with E-state index in [4.69, 9.17) is 9.47 Å². The summed E-state index contributed by atoms with van der Waals surface area (Å²) in [4.78, 5) is 0. The second-order valence-electron chi connectivity index (χ2n) is 9.53. The smallest absolute Gasteiger partial charge is 0.161 e. The molecule has 0 aromatic heterocycles. The first-order valence-electron chi connectivity index (χ1n) is 10.9. The summed E-state index contributed by atoms with van der Waals surface area (Å²) in [7, 11) is 2.40. The van der Waals surface area contributed by atoms with Crippen molar-refractivity contribution in [3.8, 4) is 0 Å². The van der Waals surface area contributed by atoms with Crippen molar-refractivity contribution in [1.82, 2.24) is 0 Å². The number of quaternary nitrogens is 1. The molecule has 1 aliphatic carbocycles. The minimum absolute atomic E-state index is 0.0157.